The van der Waals surface area contributed by atoms with Gasteiger partial charge in [-0.15, -0.1) is 0 Å². The molecule has 0 fully saturated rings. The second-order valence-electron chi connectivity index (χ2n) is 3.49. The maximum absolute atomic E-state index is 11.3. The summed E-state index contributed by atoms with van der Waals surface area (Å²) in [5.41, 5.74) is 6.28. The van der Waals surface area contributed by atoms with Crippen LogP contribution >= 0.6 is 11.6 Å². The molecule has 0 aromatic heterocycles. The summed E-state index contributed by atoms with van der Waals surface area (Å²) in [6.45, 7) is 0.499. The summed E-state index contributed by atoms with van der Waals surface area (Å²) in [6, 6.07) is 7.40. The second-order valence-corrected chi connectivity index (χ2v) is 3.93. The van der Waals surface area contributed by atoms with Gasteiger partial charge >= 0.3 is 0 Å². The zero-order valence-electron chi connectivity index (χ0n) is 9.19. The average Bonchev–Trinajstić information content (AvgIpc) is 2.31. The van der Waals surface area contributed by atoms with Crippen molar-refractivity contribution in [2.24, 2.45) is 10.9 Å². The smallest absolute Gasteiger partial charge is 0.227 e. The Morgan fingerprint density at radius 2 is 2.06 bits per heavy atom. The van der Waals surface area contributed by atoms with Crippen molar-refractivity contribution < 1.29 is 10.0 Å². The molecule has 1 aromatic rings. The van der Waals surface area contributed by atoms with Crippen LogP contribution in [0.4, 0.5) is 0 Å². The van der Waals surface area contributed by atoms with Gasteiger partial charge < -0.3 is 16.3 Å². The Morgan fingerprint density at radius 1 is 1.41 bits per heavy atom. The number of halogens is 1. The molecule has 5 nitrogen and oxygen atoms in total. The van der Waals surface area contributed by atoms with E-state index in [1.807, 2.05) is 12.1 Å². The van der Waals surface area contributed by atoms with Gasteiger partial charge in [0.15, 0.2) is 0 Å². The Bertz CT molecular complexity index is 404. The normalized spacial score (nSPS) is 11.2. The Morgan fingerprint density at radius 3 is 2.65 bits per heavy atom. The van der Waals surface area contributed by atoms with Gasteiger partial charge in [-0.3, -0.25) is 4.79 Å². The van der Waals surface area contributed by atoms with Gasteiger partial charge in [0.05, 0.1) is 6.42 Å². The lowest BCUT2D eigenvalue weighted by molar-refractivity contribution is -0.119. The first-order chi connectivity index (χ1) is 8.11. The SMILES string of the molecule is N/C(CC(=O)NCCc1ccc(Cl)cc1)=N/O. The molecule has 0 aliphatic heterocycles. The number of nitrogens with two attached hydrogens (primary N) is 1. The van der Waals surface area contributed by atoms with Crippen molar-refractivity contribution in [3.8, 4) is 0 Å². The van der Waals surface area contributed by atoms with Gasteiger partial charge in [0.2, 0.25) is 5.91 Å². The first-order valence-corrected chi connectivity index (χ1v) is 5.47. The fraction of sp³-hybridized carbons (Fsp3) is 0.273. The van der Waals surface area contributed by atoms with Crippen LogP contribution in [0.1, 0.15) is 12.0 Å². The molecule has 1 aromatic carbocycles. The minimum atomic E-state index is -0.269. The van der Waals surface area contributed by atoms with Crippen molar-refractivity contribution in [1.82, 2.24) is 5.32 Å². The number of nitrogens with zero attached hydrogens (tertiary/aromatic N) is 1. The summed E-state index contributed by atoms with van der Waals surface area (Å²) >= 11 is 5.75. The third-order valence-electron chi connectivity index (χ3n) is 2.12. The minimum Gasteiger partial charge on any atom is -0.409 e. The van der Waals surface area contributed by atoms with Crippen LogP contribution in [0, 0.1) is 0 Å². The zero-order valence-corrected chi connectivity index (χ0v) is 9.94. The van der Waals surface area contributed by atoms with Crippen molar-refractivity contribution in [3.05, 3.63) is 34.9 Å². The molecule has 0 aliphatic carbocycles. The van der Waals surface area contributed by atoms with E-state index in [2.05, 4.69) is 10.5 Å². The predicted molar refractivity (Wildman–Crippen MR) is 66.2 cm³/mol. The van der Waals surface area contributed by atoms with E-state index in [-0.39, 0.29) is 18.2 Å². The molecule has 17 heavy (non-hydrogen) atoms. The summed E-state index contributed by atoms with van der Waals surface area (Å²) in [5, 5.41) is 14.4. The van der Waals surface area contributed by atoms with Gasteiger partial charge in [0, 0.05) is 11.6 Å². The van der Waals surface area contributed by atoms with Crippen molar-refractivity contribution in [1.29, 1.82) is 0 Å². The fourth-order valence-corrected chi connectivity index (χ4v) is 1.39. The van der Waals surface area contributed by atoms with Gasteiger partial charge in [0.25, 0.3) is 0 Å². The first kappa shape index (κ1) is 13.3. The monoisotopic (exact) mass is 255 g/mol. The number of carbonyl (C=O) groups is 1. The lowest BCUT2D eigenvalue weighted by Crippen LogP contribution is -2.30. The van der Waals surface area contributed by atoms with Gasteiger partial charge in [-0.25, -0.2) is 0 Å². The van der Waals surface area contributed by atoms with Gasteiger partial charge in [0.1, 0.15) is 5.84 Å². The number of oxime groups is 1. The van der Waals surface area contributed by atoms with E-state index in [1.165, 1.54) is 0 Å². The number of carbonyl (C=O) groups excluding carboxylic acids is 1. The molecule has 0 spiro atoms. The number of rotatable bonds is 5. The first-order valence-electron chi connectivity index (χ1n) is 5.09. The molecule has 0 aliphatic rings. The maximum atomic E-state index is 11.3. The molecule has 1 rings (SSSR count). The van der Waals surface area contributed by atoms with Crippen LogP contribution in [0.5, 0.6) is 0 Å². The van der Waals surface area contributed by atoms with Crippen LogP contribution < -0.4 is 11.1 Å². The molecular weight excluding hydrogens is 242 g/mol. The molecule has 0 saturated heterocycles. The molecule has 4 N–H and O–H groups in total. The van der Waals surface area contributed by atoms with Crippen LogP contribution in [-0.2, 0) is 11.2 Å². The third-order valence-corrected chi connectivity index (χ3v) is 2.37. The van der Waals surface area contributed by atoms with Crippen molar-refractivity contribution in [3.63, 3.8) is 0 Å². The van der Waals surface area contributed by atoms with E-state index in [4.69, 9.17) is 22.5 Å². The fourth-order valence-electron chi connectivity index (χ4n) is 1.26. The number of nitrogens with one attached hydrogen (secondary N) is 1. The molecular formula is C11H14ClN3O2. The molecule has 0 atom stereocenters. The molecule has 92 valence electrons. The van der Waals surface area contributed by atoms with Crippen LogP contribution in [0.3, 0.4) is 0 Å². The maximum Gasteiger partial charge on any atom is 0.227 e. The average molecular weight is 256 g/mol. The molecule has 0 saturated carbocycles. The van der Waals surface area contributed by atoms with Gasteiger partial charge in [-0.1, -0.05) is 28.9 Å². The Kier molecular flexibility index (Phi) is 5.29. The standard InChI is InChI=1S/C11H14ClN3O2/c12-9-3-1-8(2-4-9)5-6-14-11(16)7-10(13)15-17/h1-4,17H,5-7H2,(H2,13,15)(H,14,16). The summed E-state index contributed by atoms with van der Waals surface area (Å²) in [4.78, 5) is 11.3. The Labute approximate surface area is 104 Å². The molecule has 0 unspecified atom stereocenters. The molecule has 0 bridgehead atoms. The molecule has 0 radical (unpaired) electrons. The zero-order chi connectivity index (χ0) is 12.7. The summed E-state index contributed by atoms with van der Waals surface area (Å²) in [5.74, 6) is -0.372. The van der Waals surface area contributed by atoms with Crippen LogP contribution in [0.15, 0.2) is 29.4 Å². The largest absolute Gasteiger partial charge is 0.409 e. The van der Waals surface area contributed by atoms with Crippen LogP contribution in [0.25, 0.3) is 0 Å². The highest BCUT2D eigenvalue weighted by Crippen LogP contribution is 2.09. The van der Waals surface area contributed by atoms with Crippen molar-refractivity contribution >= 4 is 23.3 Å². The highest BCUT2D eigenvalue weighted by molar-refractivity contribution is 6.30. The van der Waals surface area contributed by atoms with E-state index in [0.717, 1.165) is 5.56 Å². The molecule has 0 heterocycles. The summed E-state index contributed by atoms with van der Waals surface area (Å²) < 4.78 is 0. The quantitative estimate of drug-likeness (QED) is 0.319. The Balaban J connectivity index is 2.28. The van der Waals surface area contributed by atoms with E-state index in [9.17, 15) is 4.79 Å². The number of amidine groups is 1. The van der Waals surface area contributed by atoms with E-state index in [1.54, 1.807) is 12.1 Å². The highest BCUT2D eigenvalue weighted by atomic mass is 35.5. The molecule has 6 heteroatoms. The van der Waals surface area contributed by atoms with E-state index >= 15 is 0 Å². The summed E-state index contributed by atoms with van der Waals surface area (Å²) in [6.07, 6.45) is 0.607. The summed E-state index contributed by atoms with van der Waals surface area (Å²) in [7, 11) is 0. The van der Waals surface area contributed by atoms with Crippen molar-refractivity contribution in [2.75, 3.05) is 6.54 Å². The van der Waals surface area contributed by atoms with Gasteiger partial charge in [-0.05, 0) is 24.1 Å². The predicted octanol–water partition coefficient (Wildman–Crippen LogP) is 1.14. The number of hydrogen-bond donors (Lipinski definition) is 3. The number of amides is 1. The second kappa shape index (κ2) is 6.75. The van der Waals surface area contributed by atoms with Crippen molar-refractivity contribution in [2.45, 2.75) is 12.8 Å². The number of benzene rings is 1. The Hall–Kier alpha value is -1.75. The van der Waals surface area contributed by atoms with E-state index < -0.39 is 0 Å². The van der Waals surface area contributed by atoms with Crippen LogP contribution in [0.2, 0.25) is 5.02 Å². The molecule has 1 amide bonds. The topological polar surface area (TPSA) is 87.7 Å². The number of hydrogen-bond acceptors (Lipinski definition) is 3. The lowest BCUT2D eigenvalue weighted by Gasteiger charge is -2.04. The highest BCUT2D eigenvalue weighted by Gasteiger charge is 2.03. The van der Waals surface area contributed by atoms with Crippen LogP contribution in [-0.4, -0.2) is 23.5 Å². The van der Waals surface area contributed by atoms with Gasteiger partial charge in [-0.2, -0.15) is 0 Å². The lowest BCUT2D eigenvalue weighted by atomic mass is 10.1. The minimum absolute atomic E-state index is 0.100. The van der Waals surface area contributed by atoms with E-state index in [0.29, 0.717) is 18.0 Å². The third kappa shape index (κ3) is 5.21.